The first-order valence-corrected chi connectivity index (χ1v) is 8.84. The van der Waals surface area contributed by atoms with Crippen LogP contribution < -0.4 is 5.69 Å². The Morgan fingerprint density at radius 3 is 3.08 bits per heavy atom. The van der Waals surface area contributed by atoms with Gasteiger partial charge in [-0.25, -0.2) is 19.9 Å². The van der Waals surface area contributed by atoms with Crippen LogP contribution in [0.2, 0.25) is 0 Å². The molecule has 3 aromatic rings. The molecule has 4 rings (SSSR count). The summed E-state index contributed by atoms with van der Waals surface area (Å²) < 4.78 is 3.37. The lowest BCUT2D eigenvalue weighted by molar-refractivity contribution is 0.0695. The van der Waals surface area contributed by atoms with Gasteiger partial charge < -0.3 is 4.90 Å². The number of carbonyl (C=O) groups is 1. The number of imidazole rings is 1. The van der Waals surface area contributed by atoms with E-state index in [9.17, 15) is 9.59 Å². The Kier molecular flexibility index (Phi) is 4.06. The van der Waals surface area contributed by atoms with Crippen LogP contribution in [0.25, 0.3) is 5.78 Å². The summed E-state index contributed by atoms with van der Waals surface area (Å²) in [5.41, 5.74) is 1.01. The molecule has 4 heterocycles. The Morgan fingerprint density at radius 2 is 2.27 bits per heavy atom. The third-order valence-electron chi connectivity index (χ3n) is 4.96. The molecular formula is C17H21N7O2. The number of nitrogens with one attached hydrogen (secondary N) is 1. The topological polar surface area (TPSA) is 101 Å². The fraction of sp³-hybridized carbons (Fsp3) is 0.471. The largest absolute Gasteiger partial charge is 0.343 e. The minimum Gasteiger partial charge on any atom is -0.337 e. The molecule has 0 spiro atoms. The summed E-state index contributed by atoms with van der Waals surface area (Å²) in [7, 11) is 0. The van der Waals surface area contributed by atoms with Crippen LogP contribution in [0.15, 0.2) is 23.3 Å². The Bertz CT molecular complexity index is 1020. The van der Waals surface area contributed by atoms with Crippen molar-refractivity contribution in [1.82, 2.24) is 34.0 Å². The van der Waals surface area contributed by atoms with Crippen molar-refractivity contribution >= 4 is 11.7 Å². The van der Waals surface area contributed by atoms with Crippen LogP contribution in [-0.2, 0) is 6.54 Å². The summed E-state index contributed by atoms with van der Waals surface area (Å²) in [6.45, 7) is 5.53. The highest BCUT2D eigenvalue weighted by Gasteiger charge is 2.31. The lowest BCUT2D eigenvalue weighted by atomic mass is 9.96. The summed E-state index contributed by atoms with van der Waals surface area (Å²) in [5, 5.41) is 6.72. The first kappa shape index (κ1) is 16.5. The SMILES string of the molecule is CCn1c([C@@H]2CCCN(C(=O)c3c(C)nc4ncccn34)C2)n[nH]c1=O. The average molecular weight is 355 g/mol. The fourth-order valence-corrected chi connectivity index (χ4v) is 3.72. The summed E-state index contributed by atoms with van der Waals surface area (Å²) in [6, 6.07) is 1.79. The van der Waals surface area contributed by atoms with Crippen molar-refractivity contribution in [2.45, 2.75) is 39.2 Å². The van der Waals surface area contributed by atoms with E-state index in [1.807, 2.05) is 18.7 Å². The van der Waals surface area contributed by atoms with Crippen LogP contribution in [0, 0.1) is 6.92 Å². The molecular weight excluding hydrogens is 334 g/mol. The second kappa shape index (κ2) is 6.40. The molecule has 26 heavy (non-hydrogen) atoms. The lowest BCUT2D eigenvalue weighted by Crippen LogP contribution is -2.40. The third-order valence-corrected chi connectivity index (χ3v) is 4.96. The number of fused-ring (bicyclic) bond motifs is 1. The van der Waals surface area contributed by atoms with E-state index >= 15 is 0 Å². The van der Waals surface area contributed by atoms with Crippen molar-refractivity contribution in [2.24, 2.45) is 0 Å². The van der Waals surface area contributed by atoms with Crippen molar-refractivity contribution in [3.8, 4) is 0 Å². The van der Waals surface area contributed by atoms with Gasteiger partial charge in [0, 0.05) is 37.9 Å². The maximum absolute atomic E-state index is 13.2. The van der Waals surface area contributed by atoms with E-state index in [4.69, 9.17) is 0 Å². The van der Waals surface area contributed by atoms with E-state index in [1.54, 1.807) is 27.4 Å². The number of hydrogen-bond acceptors (Lipinski definition) is 5. The van der Waals surface area contributed by atoms with E-state index in [0.717, 1.165) is 18.7 Å². The van der Waals surface area contributed by atoms with Gasteiger partial charge in [-0.1, -0.05) is 0 Å². The molecule has 0 aliphatic carbocycles. The van der Waals surface area contributed by atoms with Crippen molar-refractivity contribution in [3.63, 3.8) is 0 Å². The lowest BCUT2D eigenvalue weighted by Gasteiger charge is -2.32. The molecule has 0 aromatic carbocycles. The number of rotatable bonds is 3. The molecule has 1 atom stereocenters. The minimum atomic E-state index is -0.199. The van der Waals surface area contributed by atoms with Gasteiger partial charge in [0.2, 0.25) is 5.78 Å². The van der Waals surface area contributed by atoms with E-state index in [-0.39, 0.29) is 17.5 Å². The standard InChI is InChI=1S/C17H21N7O2/c1-3-23-14(20-21-17(23)26)12-6-4-8-22(10-12)15(25)13-11(2)19-16-18-7-5-9-24(13)16/h5,7,9,12H,3-4,6,8,10H2,1-2H3,(H,21,26)/t12-/m1/s1. The molecule has 1 aliphatic heterocycles. The number of aryl methyl sites for hydroxylation is 1. The average Bonchev–Trinajstić information content (AvgIpc) is 3.19. The molecule has 1 N–H and O–H groups in total. The smallest absolute Gasteiger partial charge is 0.337 e. The zero-order valence-electron chi connectivity index (χ0n) is 14.8. The third kappa shape index (κ3) is 2.59. The highest BCUT2D eigenvalue weighted by Crippen LogP contribution is 2.26. The Labute approximate surface area is 149 Å². The number of amides is 1. The van der Waals surface area contributed by atoms with E-state index < -0.39 is 0 Å². The molecule has 0 unspecified atom stereocenters. The van der Waals surface area contributed by atoms with Crippen molar-refractivity contribution in [3.05, 3.63) is 46.2 Å². The molecule has 1 aliphatic rings. The summed E-state index contributed by atoms with van der Waals surface area (Å²) in [6.07, 6.45) is 5.24. The van der Waals surface area contributed by atoms with Gasteiger partial charge in [-0.15, -0.1) is 0 Å². The molecule has 3 aromatic heterocycles. The van der Waals surface area contributed by atoms with Crippen LogP contribution >= 0.6 is 0 Å². The van der Waals surface area contributed by atoms with Gasteiger partial charge in [0.15, 0.2) is 0 Å². The van der Waals surface area contributed by atoms with E-state index in [1.165, 1.54) is 0 Å². The van der Waals surface area contributed by atoms with Gasteiger partial charge in [0.05, 0.1) is 5.69 Å². The van der Waals surface area contributed by atoms with E-state index in [2.05, 4.69) is 20.2 Å². The summed E-state index contributed by atoms with van der Waals surface area (Å²) >= 11 is 0. The second-order valence-electron chi connectivity index (χ2n) is 6.56. The number of carbonyl (C=O) groups excluding carboxylic acids is 1. The Morgan fingerprint density at radius 1 is 1.42 bits per heavy atom. The van der Waals surface area contributed by atoms with Crippen LogP contribution in [0.4, 0.5) is 0 Å². The first-order chi connectivity index (χ1) is 12.6. The molecule has 136 valence electrons. The quantitative estimate of drug-likeness (QED) is 0.754. The molecule has 1 amide bonds. The molecule has 1 fully saturated rings. The highest BCUT2D eigenvalue weighted by molar-refractivity contribution is 5.94. The van der Waals surface area contributed by atoms with Gasteiger partial charge >= 0.3 is 5.69 Å². The number of piperidine rings is 1. The molecule has 1 saturated heterocycles. The number of H-pyrrole nitrogens is 1. The number of hydrogen-bond donors (Lipinski definition) is 1. The van der Waals surface area contributed by atoms with Gasteiger partial charge in [-0.05, 0) is 32.8 Å². The fourth-order valence-electron chi connectivity index (χ4n) is 3.72. The van der Waals surface area contributed by atoms with Gasteiger partial charge in [-0.2, -0.15) is 5.10 Å². The zero-order valence-corrected chi connectivity index (χ0v) is 14.8. The normalized spacial score (nSPS) is 17.8. The number of aromatic amines is 1. The first-order valence-electron chi connectivity index (χ1n) is 8.84. The zero-order chi connectivity index (χ0) is 18.3. The molecule has 0 saturated carbocycles. The Balaban J connectivity index is 1.64. The van der Waals surface area contributed by atoms with Crippen LogP contribution in [0.5, 0.6) is 0 Å². The molecule has 9 nitrogen and oxygen atoms in total. The minimum absolute atomic E-state index is 0.0456. The van der Waals surface area contributed by atoms with Gasteiger partial charge in [0.1, 0.15) is 11.5 Å². The maximum Gasteiger partial charge on any atom is 0.343 e. The number of nitrogens with zero attached hydrogens (tertiary/aromatic N) is 6. The van der Waals surface area contributed by atoms with E-state index in [0.29, 0.717) is 36.8 Å². The second-order valence-corrected chi connectivity index (χ2v) is 6.56. The van der Waals surface area contributed by atoms with Crippen molar-refractivity contribution < 1.29 is 4.79 Å². The van der Waals surface area contributed by atoms with Gasteiger partial charge in [0.25, 0.3) is 5.91 Å². The predicted octanol–water partition coefficient (Wildman–Crippen LogP) is 0.962. The van der Waals surface area contributed by atoms with Crippen LogP contribution in [0.1, 0.15) is 47.7 Å². The molecule has 0 bridgehead atoms. The summed E-state index contributed by atoms with van der Waals surface area (Å²) in [5.74, 6) is 1.23. The molecule has 9 heteroatoms. The number of likely N-dealkylation sites (tertiary alicyclic amines) is 1. The van der Waals surface area contributed by atoms with Crippen LogP contribution in [-0.4, -0.2) is 53.0 Å². The van der Waals surface area contributed by atoms with Crippen LogP contribution in [0.3, 0.4) is 0 Å². The Hall–Kier alpha value is -2.97. The maximum atomic E-state index is 13.2. The van der Waals surface area contributed by atoms with Gasteiger partial charge in [-0.3, -0.25) is 13.8 Å². The summed E-state index contributed by atoms with van der Waals surface area (Å²) in [4.78, 5) is 35.4. The van der Waals surface area contributed by atoms with Crippen molar-refractivity contribution in [2.75, 3.05) is 13.1 Å². The number of aromatic nitrogens is 6. The molecule has 0 radical (unpaired) electrons. The van der Waals surface area contributed by atoms with Crippen molar-refractivity contribution in [1.29, 1.82) is 0 Å². The highest BCUT2D eigenvalue weighted by atomic mass is 16.2. The monoisotopic (exact) mass is 355 g/mol. The predicted molar refractivity (Wildman–Crippen MR) is 94.1 cm³/mol.